The molecular formula is C20H28N4O2. The first-order valence-corrected chi connectivity index (χ1v) is 9.43. The summed E-state index contributed by atoms with van der Waals surface area (Å²) in [6.45, 7) is 9.55. The summed E-state index contributed by atoms with van der Waals surface area (Å²) >= 11 is 0. The zero-order valence-electron chi connectivity index (χ0n) is 15.8. The van der Waals surface area contributed by atoms with Crippen LogP contribution in [0.15, 0.2) is 18.2 Å². The van der Waals surface area contributed by atoms with Crippen LogP contribution in [0.3, 0.4) is 0 Å². The minimum absolute atomic E-state index is 0.0361. The lowest BCUT2D eigenvalue weighted by Crippen LogP contribution is -2.56. The number of aryl methyl sites for hydroxylation is 2. The van der Waals surface area contributed by atoms with Gasteiger partial charge in [-0.15, -0.1) is 0 Å². The molecule has 2 aliphatic heterocycles. The Balaban J connectivity index is 1.49. The predicted octanol–water partition coefficient (Wildman–Crippen LogP) is 1.53. The van der Waals surface area contributed by atoms with Crippen molar-refractivity contribution in [3.05, 3.63) is 35.0 Å². The summed E-state index contributed by atoms with van der Waals surface area (Å²) in [5.74, 6) is -0.0361. The first-order chi connectivity index (χ1) is 12.5. The van der Waals surface area contributed by atoms with Gasteiger partial charge in [0.15, 0.2) is 0 Å². The van der Waals surface area contributed by atoms with Crippen LogP contribution in [0.5, 0.6) is 0 Å². The highest BCUT2D eigenvalue weighted by atomic mass is 16.5. The molecular weight excluding hydrogens is 328 g/mol. The summed E-state index contributed by atoms with van der Waals surface area (Å²) < 4.78 is 5.71. The summed E-state index contributed by atoms with van der Waals surface area (Å²) in [5.41, 5.74) is 3.88. The van der Waals surface area contributed by atoms with Crippen LogP contribution in [-0.2, 0) is 4.74 Å². The summed E-state index contributed by atoms with van der Waals surface area (Å²) in [6.07, 6.45) is 0. The van der Waals surface area contributed by atoms with E-state index in [9.17, 15) is 4.79 Å². The zero-order chi connectivity index (χ0) is 18.3. The number of piperazine rings is 1. The number of carbonyl (C=O) groups excluding carboxylic acids is 1. The van der Waals surface area contributed by atoms with Crippen LogP contribution in [0.1, 0.15) is 21.6 Å². The quantitative estimate of drug-likeness (QED) is 0.876. The van der Waals surface area contributed by atoms with Gasteiger partial charge < -0.3 is 19.9 Å². The van der Waals surface area contributed by atoms with E-state index in [-0.39, 0.29) is 18.0 Å². The SMILES string of the molecule is Cc1ccc2[nH]c(C(=O)N[C@H]3COC[C@@H]3N3CCN(C)CC3)c(C)c2c1. The fraction of sp³-hybridized carbons (Fsp3) is 0.550. The van der Waals surface area contributed by atoms with Crippen LogP contribution in [0, 0.1) is 13.8 Å². The molecule has 0 radical (unpaired) electrons. The number of ether oxygens (including phenoxy) is 1. The second-order valence-corrected chi connectivity index (χ2v) is 7.70. The Morgan fingerprint density at radius 3 is 2.73 bits per heavy atom. The summed E-state index contributed by atoms with van der Waals surface area (Å²) in [6, 6.07) is 6.54. The highest BCUT2D eigenvalue weighted by Crippen LogP contribution is 2.23. The predicted molar refractivity (Wildman–Crippen MR) is 103 cm³/mol. The van der Waals surface area contributed by atoms with Crippen molar-refractivity contribution in [2.24, 2.45) is 0 Å². The number of hydrogen-bond acceptors (Lipinski definition) is 4. The maximum atomic E-state index is 12.9. The molecule has 26 heavy (non-hydrogen) atoms. The number of likely N-dealkylation sites (N-methyl/N-ethyl adjacent to an activating group) is 1. The number of nitrogens with zero attached hydrogens (tertiary/aromatic N) is 2. The molecule has 1 amide bonds. The van der Waals surface area contributed by atoms with Crippen LogP contribution in [-0.4, -0.2) is 79.2 Å². The molecule has 0 saturated carbocycles. The number of hydrogen-bond donors (Lipinski definition) is 2. The number of carbonyl (C=O) groups is 1. The maximum absolute atomic E-state index is 12.9. The van der Waals surface area contributed by atoms with Crippen molar-refractivity contribution in [1.29, 1.82) is 0 Å². The average Bonchev–Trinajstić information content (AvgIpc) is 3.21. The van der Waals surface area contributed by atoms with Crippen molar-refractivity contribution in [2.45, 2.75) is 25.9 Å². The molecule has 140 valence electrons. The molecule has 2 saturated heterocycles. The van der Waals surface area contributed by atoms with Crippen LogP contribution < -0.4 is 5.32 Å². The van der Waals surface area contributed by atoms with Gasteiger partial charge in [-0.2, -0.15) is 0 Å². The molecule has 6 heteroatoms. The fourth-order valence-electron chi connectivity index (χ4n) is 4.10. The minimum atomic E-state index is -0.0361. The van der Waals surface area contributed by atoms with Crippen molar-refractivity contribution < 1.29 is 9.53 Å². The Labute approximate surface area is 154 Å². The van der Waals surface area contributed by atoms with Gasteiger partial charge in [-0.25, -0.2) is 0 Å². The minimum Gasteiger partial charge on any atom is -0.378 e. The number of H-pyrrole nitrogens is 1. The van der Waals surface area contributed by atoms with E-state index >= 15 is 0 Å². The second-order valence-electron chi connectivity index (χ2n) is 7.70. The standard InChI is InChI=1S/C20H28N4O2/c1-13-4-5-16-15(10-13)14(2)19(21-16)20(25)22-17-11-26-12-18(17)24-8-6-23(3)7-9-24/h4-5,10,17-18,21H,6-9,11-12H2,1-3H3,(H,22,25)/t17-,18-/m0/s1. The lowest BCUT2D eigenvalue weighted by Gasteiger charge is -2.38. The Morgan fingerprint density at radius 2 is 1.96 bits per heavy atom. The molecule has 3 heterocycles. The first kappa shape index (κ1) is 17.5. The Hall–Kier alpha value is -1.89. The van der Waals surface area contributed by atoms with Gasteiger partial charge in [0.05, 0.1) is 25.3 Å². The van der Waals surface area contributed by atoms with Gasteiger partial charge in [-0.1, -0.05) is 11.6 Å². The number of amides is 1. The molecule has 0 aliphatic carbocycles. The Kier molecular flexibility index (Phi) is 4.73. The molecule has 2 N–H and O–H groups in total. The highest BCUT2D eigenvalue weighted by Gasteiger charge is 2.35. The molecule has 4 rings (SSSR count). The topological polar surface area (TPSA) is 60.6 Å². The summed E-state index contributed by atoms with van der Waals surface area (Å²) in [7, 11) is 2.15. The van der Waals surface area contributed by atoms with Gasteiger partial charge in [-0.3, -0.25) is 9.69 Å². The van der Waals surface area contributed by atoms with E-state index in [1.165, 1.54) is 5.56 Å². The van der Waals surface area contributed by atoms with Crippen LogP contribution in [0.4, 0.5) is 0 Å². The highest BCUT2D eigenvalue weighted by molar-refractivity contribution is 6.01. The molecule has 2 atom stereocenters. The number of fused-ring (bicyclic) bond motifs is 1. The second kappa shape index (κ2) is 7.02. The van der Waals surface area contributed by atoms with Crippen LogP contribution >= 0.6 is 0 Å². The van der Waals surface area contributed by atoms with E-state index in [0.717, 1.165) is 42.6 Å². The maximum Gasteiger partial charge on any atom is 0.268 e. The molecule has 0 unspecified atom stereocenters. The fourth-order valence-corrected chi connectivity index (χ4v) is 4.10. The molecule has 2 fully saturated rings. The van der Waals surface area contributed by atoms with Crippen molar-refractivity contribution >= 4 is 16.8 Å². The number of aromatic amines is 1. The van der Waals surface area contributed by atoms with Gasteiger partial charge in [-0.05, 0) is 38.6 Å². The van der Waals surface area contributed by atoms with Crippen molar-refractivity contribution in [2.75, 3.05) is 46.4 Å². The third kappa shape index (κ3) is 3.24. The smallest absolute Gasteiger partial charge is 0.268 e. The van der Waals surface area contributed by atoms with Crippen molar-refractivity contribution in [3.8, 4) is 0 Å². The van der Waals surface area contributed by atoms with E-state index < -0.39 is 0 Å². The Bertz CT molecular complexity index is 807. The van der Waals surface area contributed by atoms with Gasteiger partial charge in [0, 0.05) is 37.1 Å². The molecule has 2 aromatic rings. The van der Waals surface area contributed by atoms with Crippen LogP contribution in [0.2, 0.25) is 0 Å². The lowest BCUT2D eigenvalue weighted by atomic mass is 10.1. The third-order valence-electron chi connectivity index (χ3n) is 5.81. The largest absolute Gasteiger partial charge is 0.378 e. The van der Waals surface area contributed by atoms with Gasteiger partial charge >= 0.3 is 0 Å². The van der Waals surface area contributed by atoms with Crippen molar-refractivity contribution in [1.82, 2.24) is 20.1 Å². The Morgan fingerprint density at radius 1 is 1.19 bits per heavy atom. The van der Waals surface area contributed by atoms with Gasteiger partial charge in [0.25, 0.3) is 5.91 Å². The number of aromatic nitrogens is 1. The van der Waals surface area contributed by atoms with E-state index in [1.807, 2.05) is 13.0 Å². The van der Waals surface area contributed by atoms with E-state index in [0.29, 0.717) is 18.9 Å². The summed E-state index contributed by atoms with van der Waals surface area (Å²) in [5, 5.41) is 4.34. The molecule has 0 spiro atoms. The molecule has 2 aliphatic rings. The normalized spacial score (nSPS) is 25.0. The van der Waals surface area contributed by atoms with Gasteiger partial charge in [0.2, 0.25) is 0 Å². The average molecular weight is 356 g/mol. The number of rotatable bonds is 3. The number of nitrogens with one attached hydrogen (secondary N) is 2. The lowest BCUT2D eigenvalue weighted by molar-refractivity contribution is 0.0826. The number of benzene rings is 1. The summed E-state index contributed by atoms with van der Waals surface area (Å²) in [4.78, 5) is 21.0. The first-order valence-electron chi connectivity index (χ1n) is 9.43. The van der Waals surface area contributed by atoms with Crippen molar-refractivity contribution in [3.63, 3.8) is 0 Å². The molecule has 6 nitrogen and oxygen atoms in total. The monoisotopic (exact) mass is 356 g/mol. The van der Waals surface area contributed by atoms with Crippen LogP contribution in [0.25, 0.3) is 10.9 Å². The van der Waals surface area contributed by atoms with E-state index in [4.69, 9.17) is 4.74 Å². The molecule has 1 aromatic carbocycles. The third-order valence-corrected chi connectivity index (χ3v) is 5.81. The molecule has 1 aromatic heterocycles. The molecule has 0 bridgehead atoms. The van der Waals surface area contributed by atoms with E-state index in [1.54, 1.807) is 0 Å². The van der Waals surface area contributed by atoms with Gasteiger partial charge in [0.1, 0.15) is 5.69 Å². The zero-order valence-corrected chi connectivity index (χ0v) is 15.8. The van der Waals surface area contributed by atoms with E-state index in [2.05, 4.69) is 46.2 Å².